The number of ether oxygens (including phenoxy) is 2. The van der Waals surface area contributed by atoms with Crippen LogP contribution >= 0.6 is 0 Å². The maximum Gasteiger partial charge on any atom is 0.317 e. The van der Waals surface area contributed by atoms with Crippen LogP contribution in [-0.4, -0.2) is 42.2 Å². The fraction of sp³-hybridized carbons (Fsp3) is 0.400. The number of hydrogen-bond donors (Lipinski definition) is 1. The van der Waals surface area contributed by atoms with Crippen molar-refractivity contribution >= 4 is 6.03 Å². The number of nitrogens with one attached hydrogen (secondary N) is 1. The molecule has 0 radical (unpaired) electrons. The van der Waals surface area contributed by atoms with Gasteiger partial charge in [0.15, 0.2) is 0 Å². The van der Waals surface area contributed by atoms with Crippen molar-refractivity contribution < 1.29 is 18.7 Å². The van der Waals surface area contributed by atoms with Crippen molar-refractivity contribution in [2.75, 3.05) is 20.2 Å². The Morgan fingerprint density at radius 2 is 2.26 bits per heavy atom. The number of aromatic nitrogens is 1. The molecule has 0 aliphatic carbocycles. The van der Waals surface area contributed by atoms with Crippen molar-refractivity contribution in [3.05, 3.63) is 54.0 Å². The van der Waals surface area contributed by atoms with E-state index in [9.17, 15) is 9.18 Å². The molecule has 7 heteroatoms. The second kappa shape index (κ2) is 9.32. The molecule has 0 spiro atoms. The molecule has 1 atom stereocenters. The fourth-order valence-electron chi connectivity index (χ4n) is 2.94. The monoisotopic (exact) mass is 373 g/mol. The summed E-state index contributed by atoms with van der Waals surface area (Å²) in [6.07, 6.45) is 4.89. The van der Waals surface area contributed by atoms with E-state index in [0.717, 1.165) is 25.9 Å². The van der Waals surface area contributed by atoms with Gasteiger partial charge in [-0.3, -0.25) is 0 Å². The molecule has 1 aliphatic rings. The van der Waals surface area contributed by atoms with Crippen molar-refractivity contribution in [3.63, 3.8) is 0 Å². The van der Waals surface area contributed by atoms with Crippen molar-refractivity contribution in [2.45, 2.75) is 31.9 Å². The highest BCUT2D eigenvalue weighted by Crippen LogP contribution is 2.23. The maximum absolute atomic E-state index is 13.3. The van der Waals surface area contributed by atoms with E-state index in [0.29, 0.717) is 23.7 Å². The summed E-state index contributed by atoms with van der Waals surface area (Å²) in [5.41, 5.74) is 0.706. The summed E-state index contributed by atoms with van der Waals surface area (Å²) in [7, 11) is 1.75. The summed E-state index contributed by atoms with van der Waals surface area (Å²) in [5.74, 6) is 0.305. The van der Waals surface area contributed by atoms with Crippen molar-refractivity contribution in [2.24, 2.45) is 0 Å². The molecule has 144 valence electrons. The van der Waals surface area contributed by atoms with Gasteiger partial charge in [-0.15, -0.1) is 0 Å². The molecule has 1 aromatic heterocycles. The summed E-state index contributed by atoms with van der Waals surface area (Å²) in [6, 6.07) is 9.23. The minimum atomic E-state index is -0.384. The average molecular weight is 373 g/mol. The van der Waals surface area contributed by atoms with Gasteiger partial charge in [-0.25, -0.2) is 14.2 Å². The third-order valence-electron chi connectivity index (χ3n) is 4.39. The first-order valence-electron chi connectivity index (χ1n) is 9.09. The van der Waals surface area contributed by atoms with Gasteiger partial charge in [0.25, 0.3) is 0 Å². The topological polar surface area (TPSA) is 63.7 Å². The minimum absolute atomic E-state index is 0.0970. The summed E-state index contributed by atoms with van der Waals surface area (Å²) >= 11 is 0. The number of urea groups is 1. The van der Waals surface area contributed by atoms with Crippen LogP contribution in [0.3, 0.4) is 0 Å². The predicted molar refractivity (Wildman–Crippen MR) is 99.2 cm³/mol. The second-order valence-electron chi connectivity index (χ2n) is 6.55. The normalized spacial score (nSPS) is 16.6. The van der Waals surface area contributed by atoms with E-state index in [2.05, 4.69) is 10.3 Å². The molecule has 2 amide bonds. The highest BCUT2D eigenvalue weighted by atomic mass is 19.1. The molecule has 2 aromatic rings. The lowest BCUT2D eigenvalue weighted by atomic mass is 10.1. The van der Waals surface area contributed by atoms with Crippen LogP contribution in [0.2, 0.25) is 0 Å². The molecule has 1 unspecified atom stereocenters. The van der Waals surface area contributed by atoms with Crippen molar-refractivity contribution in [1.82, 2.24) is 15.2 Å². The van der Waals surface area contributed by atoms with Gasteiger partial charge in [-0.2, -0.15) is 0 Å². The number of nitrogens with zero attached hydrogens (tertiary/aromatic N) is 2. The number of pyridine rings is 1. The standard InChI is InChI=1S/C20H24FN3O3/c1-24(14-18-8-2-3-11-26-18)20(25)23-13-15-6-5-10-22-19(15)27-17-9-4-7-16(21)12-17/h4-7,9-10,12,18H,2-3,8,11,13-14H2,1H3,(H,23,25). The van der Waals surface area contributed by atoms with Crippen LogP contribution in [0.25, 0.3) is 0 Å². The average Bonchev–Trinajstić information content (AvgIpc) is 2.68. The molecule has 1 aromatic carbocycles. The van der Waals surface area contributed by atoms with E-state index in [-0.39, 0.29) is 24.5 Å². The molecule has 27 heavy (non-hydrogen) atoms. The van der Waals surface area contributed by atoms with Crippen LogP contribution in [0.1, 0.15) is 24.8 Å². The summed E-state index contributed by atoms with van der Waals surface area (Å²) in [4.78, 5) is 18.2. The van der Waals surface area contributed by atoms with Gasteiger partial charge in [0.1, 0.15) is 11.6 Å². The van der Waals surface area contributed by atoms with Crippen LogP contribution in [0.5, 0.6) is 11.6 Å². The first-order valence-corrected chi connectivity index (χ1v) is 9.09. The minimum Gasteiger partial charge on any atom is -0.439 e. The van der Waals surface area contributed by atoms with Gasteiger partial charge < -0.3 is 19.7 Å². The molecule has 6 nitrogen and oxygen atoms in total. The molecule has 2 heterocycles. The summed E-state index contributed by atoms with van der Waals surface area (Å²) in [5, 5.41) is 2.86. The quantitative estimate of drug-likeness (QED) is 0.838. The van der Waals surface area contributed by atoms with E-state index in [1.54, 1.807) is 36.3 Å². The molecule has 1 saturated heterocycles. The molecule has 1 fully saturated rings. The Balaban J connectivity index is 1.56. The Morgan fingerprint density at radius 1 is 1.37 bits per heavy atom. The lowest BCUT2D eigenvalue weighted by Gasteiger charge is -2.27. The predicted octanol–water partition coefficient (Wildman–Crippen LogP) is 3.72. The van der Waals surface area contributed by atoms with Gasteiger partial charge in [-0.05, 0) is 37.5 Å². The Morgan fingerprint density at radius 3 is 3.04 bits per heavy atom. The fourth-order valence-corrected chi connectivity index (χ4v) is 2.94. The zero-order valence-electron chi connectivity index (χ0n) is 15.4. The van der Waals surface area contributed by atoms with Crippen molar-refractivity contribution in [1.29, 1.82) is 0 Å². The van der Waals surface area contributed by atoms with E-state index < -0.39 is 0 Å². The number of hydrogen-bond acceptors (Lipinski definition) is 4. The smallest absolute Gasteiger partial charge is 0.317 e. The van der Waals surface area contributed by atoms with Crippen molar-refractivity contribution in [3.8, 4) is 11.6 Å². The Hall–Kier alpha value is -2.67. The van der Waals surface area contributed by atoms with Crippen LogP contribution in [0.15, 0.2) is 42.6 Å². The Bertz CT molecular complexity index is 766. The van der Waals surface area contributed by atoms with Crippen LogP contribution < -0.4 is 10.1 Å². The van der Waals surface area contributed by atoms with Gasteiger partial charge in [-0.1, -0.05) is 12.1 Å². The number of halogens is 1. The zero-order valence-corrected chi connectivity index (χ0v) is 15.4. The Kier molecular flexibility index (Phi) is 6.59. The first-order chi connectivity index (χ1) is 13.1. The highest BCUT2D eigenvalue weighted by molar-refractivity contribution is 5.73. The molecule has 1 aliphatic heterocycles. The number of rotatable bonds is 6. The summed E-state index contributed by atoms with van der Waals surface area (Å²) < 4.78 is 24.7. The second-order valence-corrected chi connectivity index (χ2v) is 6.55. The van der Waals surface area contributed by atoms with Gasteiger partial charge >= 0.3 is 6.03 Å². The van der Waals surface area contributed by atoms with E-state index in [4.69, 9.17) is 9.47 Å². The number of likely N-dealkylation sites (N-methyl/N-ethyl adjacent to an activating group) is 1. The molecule has 0 bridgehead atoms. The number of carbonyl (C=O) groups excluding carboxylic acids is 1. The third kappa shape index (κ3) is 5.65. The van der Waals surface area contributed by atoms with Gasteiger partial charge in [0.05, 0.1) is 6.10 Å². The first kappa shape index (κ1) is 19.1. The van der Waals surface area contributed by atoms with Gasteiger partial charge in [0, 0.05) is 44.6 Å². The van der Waals surface area contributed by atoms with E-state index in [1.807, 2.05) is 6.07 Å². The molecular weight excluding hydrogens is 349 g/mol. The zero-order chi connectivity index (χ0) is 19.1. The maximum atomic E-state index is 13.3. The Labute approximate surface area is 158 Å². The molecule has 3 rings (SSSR count). The molecule has 0 saturated carbocycles. The molecule has 1 N–H and O–H groups in total. The SMILES string of the molecule is CN(CC1CCCCO1)C(=O)NCc1cccnc1Oc1cccc(F)c1. The molecular formula is C20H24FN3O3. The number of amides is 2. The number of carbonyl (C=O) groups is 1. The van der Waals surface area contributed by atoms with E-state index in [1.165, 1.54) is 12.1 Å². The third-order valence-corrected chi connectivity index (χ3v) is 4.39. The van der Waals surface area contributed by atoms with E-state index >= 15 is 0 Å². The number of benzene rings is 1. The van der Waals surface area contributed by atoms with Crippen LogP contribution in [0.4, 0.5) is 9.18 Å². The van der Waals surface area contributed by atoms with Gasteiger partial charge in [0.2, 0.25) is 5.88 Å². The summed E-state index contributed by atoms with van der Waals surface area (Å²) in [6.45, 7) is 1.58. The largest absolute Gasteiger partial charge is 0.439 e. The van der Waals surface area contributed by atoms with Crippen LogP contribution in [-0.2, 0) is 11.3 Å². The highest BCUT2D eigenvalue weighted by Gasteiger charge is 2.19. The van der Waals surface area contributed by atoms with Crippen LogP contribution in [0, 0.1) is 5.82 Å². The lowest BCUT2D eigenvalue weighted by Crippen LogP contribution is -2.42. The lowest BCUT2D eigenvalue weighted by molar-refractivity contribution is 0.00385.